The van der Waals surface area contributed by atoms with Crippen molar-refractivity contribution < 1.29 is 14.3 Å². The van der Waals surface area contributed by atoms with Gasteiger partial charge in [0.25, 0.3) is 0 Å². The molecule has 4 fully saturated rings. The summed E-state index contributed by atoms with van der Waals surface area (Å²) in [6.45, 7) is 8.32. The standard InChI is InChI=1S/C25H40N6O3/c1-5-21-17(2)26-23(28-22(21)30-13-18-7-8-19(14-30)27-18)34-16-25-10-6-12-31(25)20(9-11-25)15-33-24(32)29(3)4/h18-20,27H,5-16H2,1-4H3/t18?,19?,20-,25?/m1/s1. The van der Waals surface area contributed by atoms with E-state index in [0.717, 1.165) is 63.3 Å². The Hall–Kier alpha value is -2.13. The van der Waals surface area contributed by atoms with Crippen molar-refractivity contribution in [3.05, 3.63) is 11.3 Å². The monoisotopic (exact) mass is 472 g/mol. The van der Waals surface area contributed by atoms with Crippen LogP contribution in [0.4, 0.5) is 10.6 Å². The molecule has 5 heterocycles. The number of carbonyl (C=O) groups excluding carboxylic acids is 1. The fourth-order valence-corrected chi connectivity index (χ4v) is 6.55. The minimum absolute atomic E-state index is 0.00972. The van der Waals surface area contributed by atoms with Crippen molar-refractivity contribution in [3.63, 3.8) is 0 Å². The van der Waals surface area contributed by atoms with Gasteiger partial charge in [0.2, 0.25) is 0 Å². The molecule has 2 bridgehead atoms. The number of fused-ring (bicyclic) bond motifs is 3. The topological polar surface area (TPSA) is 83.1 Å². The number of ether oxygens (including phenoxy) is 2. The smallest absolute Gasteiger partial charge is 0.409 e. The van der Waals surface area contributed by atoms with E-state index in [1.807, 2.05) is 0 Å². The molecule has 0 aliphatic carbocycles. The summed E-state index contributed by atoms with van der Waals surface area (Å²) < 4.78 is 11.9. The minimum Gasteiger partial charge on any atom is -0.461 e. The number of anilines is 1. The minimum atomic E-state index is -0.276. The van der Waals surface area contributed by atoms with Gasteiger partial charge in [-0.1, -0.05) is 6.92 Å². The molecule has 1 aromatic rings. The molecule has 1 amide bonds. The molecule has 5 rings (SSSR count). The average molecular weight is 473 g/mol. The van der Waals surface area contributed by atoms with Gasteiger partial charge in [-0.3, -0.25) is 4.90 Å². The molecule has 4 atom stereocenters. The van der Waals surface area contributed by atoms with Crippen LogP contribution in [0, 0.1) is 6.92 Å². The molecular formula is C25H40N6O3. The molecule has 9 heteroatoms. The Morgan fingerprint density at radius 2 is 1.94 bits per heavy atom. The number of piperazine rings is 1. The Labute approximate surface area is 203 Å². The summed E-state index contributed by atoms with van der Waals surface area (Å²) in [5.74, 6) is 1.06. The number of carbonyl (C=O) groups is 1. The first-order chi connectivity index (χ1) is 16.4. The first kappa shape index (κ1) is 23.6. The maximum absolute atomic E-state index is 11.9. The first-order valence-corrected chi connectivity index (χ1v) is 13.0. The molecule has 4 saturated heterocycles. The van der Waals surface area contributed by atoms with Gasteiger partial charge in [0.1, 0.15) is 19.0 Å². The summed E-state index contributed by atoms with van der Waals surface area (Å²) >= 11 is 0. The van der Waals surface area contributed by atoms with Crippen LogP contribution in [-0.4, -0.2) is 96.5 Å². The largest absolute Gasteiger partial charge is 0.461 e. The fourth-order valence-electron chi connectivity index (χ4n) is 6.55. The molecular weight excluding hydrogens is 432 g/mol. The number of aryl methyl sites for hydroxylation is 1. The van der Waals surface area contributed by atoms with Crippen LogP contribution < -0.4 is 15.0 Å². The van der Waals surface area contributed by atoms with Crippen LogP contribution in [0.2, 0.25) is 0 Å². The molecule has 188 valence electrons. The maximum atomic E-state index is 11.9. The van der Waals surface area contributed by atoms with E-state index in [9.17, 15) is 4.79 Å². The van der Waals surface area contributed by atoms with Gasteiger partial charge in [-0.25, -0.2) is 9.78 Å². The molecule has 9 nitrogen and oxygen atoms in total. The SMILES string of the molecule is CCc1c(C)nc(OCC23CCCN2[C@@H](COC(=O)N(C)C)CC3)nc1N1CC2CCC(C1)N2. The van der Waals surface area contributed by atoms with E-state index in [1.54, 1.807) is 14.1 Å². The van der Waals surface area contributed by atoms with E-state index >= 15 is 0 Å². The number of nitrogens with zero attached hydrogens (tertiary/aromatic N) is 5. The van der Waals surface area contributed by atoms with Crippen LogP contribution in [0.5, 0.6) is 6.01 Å². The van der Waals surface area contributed by atoms with Crippen LogP contribution in [0.25, 0.3) is 0 Å². The zero-order valence-corrected chi connectivity index (χ0v) is 21.2. The second-order valence-electron chi connectivity index (χ2n) is 10.8. The van der Waals surface area contributed by atoms with E-state index < -0.39 is 0 Å². The summed E-state index contributed by atoms with van der Waals surface area (Å²) in [4.78, 5) is 28.1. The zero-order valence-electron chi connectivity index (χ0n) is 21.2. The Bertz CT molecular complexity index is 899. The number of nitrogens with one attached hydrogen (secondary N) is 1. The molecule has 0 spiro atoms. The highest BCUT2D eigenvalue weighted by molar-refractivity contribution is 5.66. The van der Waals surface area contributed by atoms with Crippen molar-refractivity contribution in [2.75, 3.05) is 51.8 Å². The number of hydrogen-bond acceptors (Lipinski definition) is 8. The average Bonchev–Trinajstić information content (AvgIpc) is 3.48. The van der Waals surface area contributed by atoms with Gasteiger partial charge in [-0.05, 0) is 58.4 Å². The van der Waals surface area contributed by atoms with Gasteiger partial charge in [0, 0.05) is 56.6 Å². The highest BCUT2D eigenvalue weighted by Crippen LogP contribution is 2.43. The molecule has 0 aromatic carbocycles. The molecule has 3 unspecified atom stereocenters. The van der Waals surface area contributed by atoms with Crippen molar-refractivity contribution in [2.45, 2.75) is 82.5 Å². The third-order valence-corrected chi connectivity index (χ3v) is 8.31. The quantitative estimate of drug-likeness (QED) is 0.648. The Balaban J connectivity index is 1.28. The highest BCUT2D eigenvalue weighted by atomic mass is 16.6. The van der Waals surface area contributed by atoms with E-state index in [0.29, 0.717) is 31.3 Å². The first-order valence-electron chi connectivity index (χ1n) is 13.0. The van der Waals surface area contributed by atoms with E-state index in [4.69, 9.17) is 19.4 Å². The molecule has 1 N–H and O–H groups in total. The summed E-state index contributed by atoms with van der Waals surface area (Å²) in [6.07, 6.45) is 7.47. The normalized spacial score (nSPS) is 30.5. The van der Waals surface area contributed by atoms with E-state index in [2.05, 4.69) is 29.0 Å². The van der Waals surface area contributed by atoms with Gasteiger partial charge in [-0.2, -0.15) is 4.98 Å². The van der Waals surface area contributed by atoms with E-state index in [-0.39, 0.29) is 17.7 Å². The number of hydrogen-bond donors (Lipinski definition) is 1. The summed E-state index contributed by atoms with van der Waals surface area (Å²) in [5, 5.41) is 3.72. The van der Waals surface area contributed by atoms with Crippen LogP contribution >= 0.6 is 0 Å². The summed E-state index contributed by atoms with van der Waals surface area (Å²) in [7, 11) is 3.44. The second kappa shape index (κ2) is 9.49. The third-order valence-electron chi connectivity index (χ3n) is 8.31. The van der Waals surface area contributed by atoms with Gasteiger partial charge in [0.05, 0.1) is 5.54 Å². The Kier molecular flexibility index (Phi) is 6.59. The maximum Gasteiger partial charge on any atom is 0.409 e. The van der Waals surface area contributed by atoms with Gasteiger partial charge in [0.15, 0.2) is 0 Å². The number of amides is 1. The van der Waals surface area contributed by atoms with Crippen LogP contribution in [0.1, 0.15) is 56.7 Å². The summed E-state index contributed by atoms with van der Waals surface area (Å²) in [6, 6.07) is 1.88. The second-order valence-corrected chi connectivity index (χ2v) is 10.8. The van der Waals surface area contributed by atoms with Crippen LogP contribution in [0.3, 0.4) is 0 Å². The lowest BCUT2D eigenvalue weighted by Gasteiger charge is -2.36. The fraction of sp³-hybridized carbons (Fsp3) is 0.800. The highest BCUT2D eigenvalue weighted by Gasteiger charge is 2.50. The molecule has 4 aliphatic heterocycles. The predicted molar refractivity (Wildman–Crippen MR) is 131 cm³/mol. The third kappa shape index (κ3) is 4.44. The zero-order chi connectivity index (χ0) is 23.9. The van der Waals surface area contributed by atoms with Crippen molar-refractivity contribution in [3.8, 4) is 6.01 Å². The predicted octanol–water partition coefficient (Wildman–Crippen LogP) is 2.36. The number of rotatable bonds is 7. The van der Waals surface area contributed by atoms with Gasteiger partial charge >= 0.3 is 12.1 Å². The van der Waals surface area contributed by atoms with Crippen molar-refractivity contribution in [1.29, 1.82) is 0 Å². The lowest BCUT2D eigenvalue weighted by Crippen LogP contribution is -2.51. The van der Waals surface area contributed by atoms with Crippen molar-refractivity contribution in [1.82, 2.24) is 25.1 Å². The lowest BCUT2D eigenvalue weighted by atomic mass is 9.95. The summed E-state index contributed by atoms with van der Waals surface area (Å²) in [5.41, 5.74) is 2.25. The molecule has 0 radical (unpaired) electrons. The van der Waals surface area contributed by atoms with Crippen molar-refractivity contribution in [2.24, 2.45) is 0 Å². The molecule has 1 aromatic heterocycles. The number of aromatic nitrogens is 2. The van der Waals surface area contributed by atoms with Gasteiger partial charge in [-0.15, -0.1) is 0 Å². The molecule has 0 saturated carbocycles. The van der Waals surface area contributed by atoms with E-state index in [1.165, 1.54) is 23.3 Å². The lowest BCUT2D eigenvalue weighted by molar-refractivity contribution is 0.0483. The Morgan fingerprint density at radius 1 is 1.18 bits per heavy atom. The molecule has 4 aliphatic rings. The van der Waals surface area contributed by atoms with Gasteiger partial charge < -0.3 is 24.6 Å². The molecule has 34 heavy (non-hydrogen) atoms. The van der Waals surface area contributed by atoms with Crippen LogP contribution in [-0.2, 0) is 11.2 Å². The van der Waals surface area contributed by atoms with Crippen molar-refractivity contribution >= 4 is 11.9 Å². The Morgan fingerprint density at radius 3 is 2.65 bits per heavy atom. The van der Waals surface area contributed by atoms with Crippen LogP contribution in [0.15, 0.2) is 0 Å².